The van der Waals surface area contributed by atoms with Gasteiger partial charge in [-0.05, 0) is 25.7 Å². The van der Waals surface area contributed by atoms with Gasteiger partial charge in [0, 0.05) is 26.2 Å². The van der Waals surface area contributed by atoms with Crippen molar-refractivity contribution in [1.82, 2.24) is 9.80 Å². The molecule has 0 saturated carbocycles. The number of rotatable bonds is 6. The van der Waals surface area contributed by atoms with Gasteiger partial charge in [-0.25, -0.2) is 4.79 Å². The SMILES string of the molecule is CCC(CC)N(CC(C)C)C(=O)N(C)CC. The Balaban J connectivity index is 4.70. The molecule has 3 heteroatoms. The number of hydrogen-bond acceptors (Lipinski definition) is 1. The van der Waals surface area contributed by atoms with E-state index in [1.165, 1.54) is 0 Å². The van der Waals surface area contributed by atoms with Crippen molar-refractivity contribution < 1.29 is 4.79 Å². The molecule has 0 fully saturated rings. The van der Waals surface area contributed by atoms with E-state index < -0.39 is 0 Å². The van der Waals surface area contributed by atoms with Gasteiger partial charge in [-0.2, -0.15) is 0 Å². The summed E-state index contributed by atoms with van der Waals surface area (Å²) in [6.45, 7) is 12.3. The van der Waals surface area contributed by atoms with Gasteiger partial charge < -0.3 is 9.80 Å². The molecule has 16 heavy (non-hydrogen) atoms. The summed E-state index contributed by atoms with van der Waals surface area (Å²) in [7, 11) is 1.87. The zero-order chi connectivity index (χ0) is 12.7. The first-order valence-corrected chi connectivity index (χ1v) is 6.49. The lowest BCUT2D eigenvalue weighted by atomic mass is 10.1. The maximum atomic E-state index is 12.2. The van der Waals surface area contributed by atoms with Crippen molar-refractivity contribution in [3.63, 3.8) is 0 Å². The van der Waals surface area contributed by atoms with E-state index in [2.05, 4.69) is 27.7 Å². The third kappa shape index (κ3) is 4.42. The maximum Gasteiger partial charge on any atom is 0.319 e. The van der Waals surface area contributed by atoms with Crippen molar-refractivity contribution in [1.29, 1.82) is 0 Å². The third-order valence-electron chi connectivity index (χ3n) is 2.99. The Morgan fingerprint density at radius 2 is 1.62 bits per heavy atom. The molecule has 0 aliphatic carbocycles. The number of carbonyl (C=O) groups excluding carboxylic acids is 1. The van der Waals surface area contributed by atoms with Gasteiger partial charge in [0.2, 0.25) is 0 Å². The third-order valence-corrected chi connectivity index (χ3v) is 2.99. The fourth-order valence-corrected chi connectivity index (χ4v) is 1.86. The summed E-state index contributed by atoms with van der Waals surface area (Å²) in [5.41, 5.74) is 0. The molecule has 0 N–H and O–H groups in total. The minimum absolute atomic E-state index is 0.171. The van der Waals surface area contributed by atoms with Crippen LogP contribution in [-0.4, -0.2) is 42.0 Å². The summed E-state index contributed by atoms with van der Waals surface area (Å²) in [5, 5.41) is 0. The van der Waals surface area contributed by atoms with E-state index in [0.29, 0.717) is 12.0 Å². The standard InChI is InChI=1S/C13H28N2O/c1-7-12(8-2)15(10-11(4)5)13(16)14(6)9-3/h11-12H,7-10H2,1-6H3. The Hall–Kier alpha value is -0.730. The second-order valence-corrected chi connectivity index (χ2v) is 4.81. The largest absolute Gasteiger partial charge is 0.328 e. The molecule has 0 radical (unpaired) electrons. The van der Waals surface area contributed by atoms with Crippen molar-refractivity contribution >= 4 is 6.03 Å². The van der Waals surface area contributed by atoms with Gasteiger partial charge in [-0.15, -0.1) is 0 Å². The van der Waals surface area contributed by atoms with Crippen LogP contribution < -0.4 is 0 Å². The monoisotopic (exact) mass is 228 g/mol. The molecular formula is C13H28N2O. The van der Waals surface area contributed by atoms with E-state index in [-0.39, 0.29) is 6.03 Å². The molecule has 0 heterocycles. The van der Waals surface area contributed by atoms with Crippen LogP contribution in [0.5, 0.6) is 0 Å². The molecule has 0 spiro atoms. The molecule has 0 aromatic heterocycles. The molecule has 0 unspecified atom stereocenters. The minimum atomic E-state index is 0.171. The van der Waals surface area contributed by atoms with Crippen molar-refractivity contribution in [2.75, 3.05) is 20.1 Å². The summed E-state index contributed by atoms with van der Waals surface area (Å²) >= 11 is 0. The summed E-state index contributed by atoms with van der Waals surface area (Å²) in [4.78, 5) is 16.0. The number of nitrogens with zero attached hydrogens (tertiary/aromatic N) is 2. The molecule has 3 nitrogen and oxygen atoms in total. The van der Waals surface area contributed by atoms with Crippen LogP contribution in [-0.2, 0) is 0 Å². The van der Waals surface area contributed by atoms with Gasteiger partial charge in [0.15, 0.2) is 0 Å². The van der Waals surface area contributed by atoms with Crippen molar-refractivity contribution in [2.24, 2.45) is 5.92 Å². The highest BCUT2D eigenvalue weighted by molar-refractivity contribution is 5.74. The first-order chi connectivity index (χ1) is 7.47. The summed E-state index contributed by atoms with van der Waals surface area (Å²) in [6.07, 6.45) is 2.07. The quantitative estimate of drug-likeness (QED) is 0.685. The van der Waals surface area contributed by atoms with Crippen LogP contribution in [0.4, 0.5) is 4.79 Å². The molecule has 0 aromatic rings. The van der Waals surface area contributed by atoms with Crippen LogP contribution in [0.15, 0.2) is 0 Å². The Bertz CT molecular complexity index is 200. The molecule has 0 atom stereocenters. The Labute approximate surface area is 101 Å². The second kappa shape index (κ2) is 7.53. The maximum absolute atomic E-state index is 12.2. The average Bonchev–Trinajstić information content (AvgIpc) is 2.26. The van der Waals surface area contributed by atoms with Crippen LogP contribution in [0, 0.1) is 5.92 Å². The van der Waals surface area contributed by atoms with Crippen LogP contribution in [0.2, 0.25) is 0 Å². The molecule has 2 amide bonds. The Morgan fingerprint density at radius 1 is 1.12 bits per heavy atom. The van der Waals surface area contributed by atoms with E-state index in [0.717, 1.165) is 25.9 Å². The Kier molecular flexibility index (Phi) is 7.18. The lowest BCUT2D eigenvalue weighted by Gasteiger charge is -2.35. The molecule has 0 aliphatic heterocycles. The predicted molar refractivity (Wildman–Crippen MR) is 69.6 cm³/mol. The molecule has 0 saturated heterocycles. The highest BCUT2D eigenvalue weighted by atomic mass is 16.2. The van der Waals surface area contributed by atoms with Gasteiger partial charge in [0.25, 0.3) is 0 Å². The number of urea groups is 1. The van der Waals surface area contributed by atoms with Gasteiger partial charge in [-0.1, -0.05) is 27.7 Å². The smallest absolute Gasteiger partial charge is 0.319 e. The fourth-order valence-electron chi connectivity index (χ4n) is 1.86. The van der Waals surface area contributed by atoms with Gasteiger partial charge in [-0.3, -0.25) is 0 Å². The van der Waals surface area contributed by atoms with Gasteiger partial charge in [0.1, 0.15) is 0 Å². The molecule has 96 valence electrons. The molecular weight excluding hydrogens is 200 g/mol. The van der Waals surface area contributed by atoms with E-state index in [1.807, 2.05) is 18.9 Å². The van der Waals surface area contributed by atoms with Crippen LogP contribution in [0.1, 0.15) is 47.5 Å². The molecule has 0 rings (SSSR count). The normalized spacial score (nSPS) is 11.0. The van der Waals surface area contributed by atoms with Crippen molar-refractivity contribution in [3.8, 4) is 0 Å². The molecule has 0 aromatic carbocycles. The highest BCUT2D eigenvalue weighted by Crippen LogP contribution is 2.13. The predicted octanol–water partition coefficient (Wildman–Crippen LogP) is 3.20. The van der Waals surface area contributed by atoms with E-state index >= 15 is 0 Å². The molecule has 0 bridgehead atoms. The molecule has 0 aliphatic rings. The first-order valence-electron chi connectivity index (χ1n) is 6.49. The van der Waals surface area contributed by atoms with Gasteiger partial charge in [0.05, 0.1) is 0 Å². The summed E-state index contributed by atoms with van der Waals surface area (Å²) in [6, 6.07) is 0.550. The zero-order valence-electron chi connectivity index (χ0n) is 11.8. The minimum Gasteiger partial charge on any atom is -0.328 e. The topological polar surface area (TPSA) is 23.6 Å². The zero-order valence-corrected chi connectivity index (χ0v) is 11.8. The summed E-state index contributed by atoms with van der Waals surface area (Å²) < 4.78 is 0. The fraction of sp³-hybridized carbons (Fsp3) is 0.923. The van der Waals surface area contributed by atoms with Crippen LogP contribution in [0.3, 0.4) is 0 Å². The number of carbonyl (C=O) groups is 1. The number of amides is 2. The van der Waals surface area contributed by atoms with E-state index in [9.17, 15) is 4.79 Å². The van der Waals surface area contributed by atoms with Gasteiger partial charge >= 0.3 is 6.03 Å². The van der Waals surface area contributed by atoms with E-state index in [1.54, 1.807) is 4.90 Å². The van der Waals surface area contributed by atoms with Crippen LogP contribution in [0.25, 0.3) is 0 Å². The number of hydrogen-bond donors (Lipinski definition) is 0. The first kappa shape index (κ1) is 15.3. The van der Waals surface area contributed by atoms with Crippen molar-refractivity contribution in [2.45, 2.75) is 53.5 Å². The lowest BCUT2D eigenvalue weighted by molar-refractivity contribution is 0.132. The highest BCUT2D eigenvalue weighted by Gasteiger charge is 2.23. The summed E-state index contributed by atoms with van der Waals surface area (Å²) in [5.74, 6) is 0.523. The average molecular weight is 228 g/mol. The van der Waals surface area contributed by atoms with E-state index in [4.69, 9.17) is 0 Å². The lowest BCUT2D eigenvalue weighted by Crippen LogP contribution is -2.48. The van der Waals surface area contributed by atoms with Crippen LogP contribution >= 0.6 is 0 Å². The second-order valence-electron chi connectivity index (χ2n) is 4.81. The Morgan fingerprint density at radius 3 is 1.94 bits per heavy atom. The van der Waals surface area contributed by atoms with Crippen molar-refractivity contribution in [3.05, 3.63) is 0 Å².